The molecule has 106 valence electrons. The van der Waals surface area contributed by atoms with Gasteiger partial charge in [0.15, 0.2) is 0 Å². The average Bonchev–Trinajstić information content (AvgIpc) is 2.36. The van der Waals surface area contributed by atoms with Crippen LogP contribution in [0.4, 0.5) is 11.6 Å². The smallest absolute Gasteiger partial charge is 0.148 e. The lowest BCUT2D eigenvalue weighted by molar-refractivity contribution is 0.0327. The van der Waals surface area contributed by atoms with E-state index in [1.54, 1.807) is 7.11 Å². The van der Waals surface area contributed by atoms with Gasteiger partial charge >= 0.3 is 0 Å². The topological polar surface area (TPSA) is 85.1 Å². The average molecular weight is 265 g/mol. The molecule has 1 aliphatic carbocycles. The molecule has 0 aliphatic heterocycles. The zero-order valence-corrected chi connectivity index (χ0v) is 11.9. The predicted molar refractivity (Wildman–Crippen MR) is 76.0 cm³/mol. The van der Waals surface area contributed by atoms with Crippen LogP contribution in [0.15, 0.2) is 0 Å². The van der Waals surface area contributed by atoms with Crippen molar-refractivity contribution in [1.82, 2.24) is 9.97 Å². The van der Waals surface area contributed by atoms with Gasteiger partial charge in [0.25, 0.3) is 0 Å². The molecule has 0 atom stereocenters. The number of hydrazine groups is 1. The Labute approximate surface area is 114 Å². The number of nitrogen functional groups attached to an aromatic ring is 1. The van der Waals surface area contributed by atoms with Gasteiger partial charge in [-0.15, -0.1) is 0 Å². The zero-order valence-electron chi connectivity index (χ0n) is 11.9. The second-order valence-electron chi connectivity index (χ2n) is 5.03. The van der Waals surface area contributed by atoms with Crippen LogP contribution in [0.2, 0.25) is 0 Å². The molecule has 1 saturated carbocycles. The molecule has 1 aromatic rings. The number of nitrogens with one attached hydrogen (secondary N) is 2. The molecule has 0 spiro atoms. The van der Waals surface area contributed by atoms with E-state index >= 15 is 0 Å². The lowest BCUT2D eigenvalue weighted by Gasteiger charge is -2.35. The normalized spacial score (nSPS) is 21.9. The maximum Gasteiger partial charge on any atom is 0.148 e. The maximum atomic E-state index is 5.52. The van der Waals surface area contributed by atoms with E-state index < -0.39 is 0 Å². The predicted octanol–water partition coefficient (Wildman–Crippen LogP) is 1.61. The molecule has 0 saturated heterocycles. The number of methoxy groups -OCH3 is 1. The summed E-state index contributed by atoms with van der Waals surface area (Å²) in [5.74, 6) is 7.92. The van der Waals surface area contributed by atoms with E-state index in [4.69, 9.17) is 10.6 Å². The third kappa shape index (κ3) is 3.13. The Morgan fingerprint density at radius 2 is 2.00 bits per heavy atom. The van der Waals surface area contributed by atoms with Gasteiger partial charge < -0.3 is 15.5 Å². The first-order chi connectivity index (χ1) is 9.17. The van der Waals surface area contributed by atoms with Gasteiger partial charge in [-0.3, -0.25) is 0 Å². The summed E-state index contributed by atoms with van der Waals surface area (Å²) in [6.45, 7) is 4.08. The number of hydrogen-bond acceptors (Lipinski definition) is 6. The molecule has 4 N–H and O–H groups in total. The second-order valence-corrected chi connectivity index (χ2v) is 5.03. The van der Waals surface area contributed by atoms with E-state index in [0.29, 0.717) is 18.0 Å². The molecule has 0 bridgehead atoms. The fourth-order valence-corrected chi connectivity index (χ4v) is 2.25. The largest absolute Gasteiger partial charge is 0.381 e. The number of ether oxygens (including phenoxy) is 1. The lowest BCUT2D eigenvalue weighted by atomic mass is 9.89. The molecular formula is C13H23N5O. The molecule has 0 radical (unpaired) electrons. The Balaban J connectivity index is 2.11. The van der Waals surface area contributed by atoms with Gasteiger partial charge in [0.1, 0.15) is 17.5 Å². The number of nitrogens with two attached hydrogens (primary N) is 1. The fraction of sp³-hybridized carbons (Fsp3) is 0.692. The molecule has 1 fully saturated rings. The third-order valence-corrected chi connectivity index (χ3v) is 3.57. The first-order valence-electron chi connectivity index (χ1n) is 6.81. The molecule has 19 heavy (non-hydrogen) atoms. The Morgan fingerprint density at radius 1 is 1.32 bits per heavy atom. The molecule has 1 aliphatic rings. The number of aromatic nitrogens is 2. The highest BCUT2D eigenvalue weighted by atomic mass is 16.5. The minimum Gasteiger partial charge on any atom is -0.381 e. The van der Waals surface area contributed by atoms with E-state index in [9.17, 15) is 0 Å². The summed E-state index contributed by atoms with van der Waals surface area (Å²) in [7, 11) is 1.76. The van der Waals surface area contributed by atoms with Gasteiger partial charge in [-0.25, -0.2) is 15.8 Å². The molecule has 1 aromatic heterocycles. The molecular weight excluding hydrogens is 242 g/mol. The standard InChI is InChI=1S/C13H23N5O/c1-4-5-11-16-12(8(2)13(17-11)18-14)15-9-6-10(7-9)19-3/h9-10H,4-7,14H2,1-3H3,(H2,15,16,17,18). The number of hydrogen-bond donors (Lipinski definition) is 3. The number of anilines is 2. The van der Waals surface area contributed by atoms with E-state index in [1.807, 2.05) is 6.92 Å². The molecule has 0 unspecified atom stereocenters. The van der Waals surface area contributed by atoms with Crippen LogP contribution < -0.4 is 16.6 Å². The SMILES string of the molecule is CCCc1nc(NN)c(C)c(NC2CC(OC)C2)n1. The number of aryl methyl sites for hydroxylation is 1. The molecule has 6 heteroatoms. The number of rotatable bonds is 6. The van der Waals surface area contributed by atoms with Crippen molar-refractivity contribution in [3.05, 3.63) is 11.4 Å². The summed E-state index contributed by atoms with van der Waals surface area (Å²) in [6, 6.07) is 0.429. The Hall–Kier alpha value is -1.40. The van der Waals surface area contributed by atoms with E-state index in [-0.39, 0.29) is 0 Å². The van der Waals surface area contributed by atoms with E-state index in [1.165, 1.54) is 0 Å². The molecule has 0 aromatic carbocycles. The van der Waals surface area contributed by atoms with Crippen LogP contribution in [0.3, 0.4) is 0 Å². The van der Waals surface area contributed by atoms with Gasteiger partial charge in [0.2, 0.25) is 0 Å². The van der Waals surface area contributed by atoms with Crippen LogP contribution in [-0.4, -0.2) is 29.2 Å². The Bertz CT molecular complexity index is 431. The van der Waals surface area contributed by atoms with Gasteiger partial charge in [-0.05, 0) is 26.2 Å². The first kappa shape index (κ1) is 14.0. The highest BCUT2D eigenvalue weighted by molar-refractivity contribution is 5.57. The van der Waals surface area contributed by atoms with Crippen LogP contribution in [0.5, 0.6) is 0 Å². The Morgan fingerprint density at radius 3 is 2.58 bits per heavy atom. The summed E-state index contributed by atoms with van der Waals surface area (Å²) < 4.78 is 5.29. The van der Waals surface area contributed by atoms with Crippen molar-refractivity contribution < 1.29 is 4.74 Å². The van der Waals surface area contributed by atoms with Gasteiger partial charge in [0, 0.05) is 25.1 Å². The zero-order chi connectivity index (χ0) is 13.8. The van der Waals surface area contributed by atoms with Crippen molar-refractivity contribution in [1.29, 1.82) is 0 Å². The molecule has 1 heterocycles. The van der Waals surface area contributed by atoms with E-state index in [2.05, 4.69) is 27.6 Å². The lowest BCUT2D eigenvalue weighted by Crippen LogP contribution is -2.40. The first-order valence-corrected chi connectivity index (χ1v) is 6.81. The highest BCUT2D eigenvalue weighted by Gasteiger charge is 2.29. The van der Waals surface area contributed by atoms with Crippen molar-refractivity contribution in [3.63, 3.8) is 0 Å². The number of nitrogens with zero attached hydrogens (tertiary/aromatic N) is 2. The summed E-state index contributed by atoms with van der Waals surface area (Å²) >= 11 is 0. The molecule has 0 amide bonds. The maximum absolute atomic E-state index is 5.52. The van der Waals surface area contributed by atoms with E-state index in [0.717, 1.165) is 42.9 Å². The van der Waals surface area contributed by atoms with Crippen molar-refractivity contribution in [2.24, 2.45) is 5.84 Å². The summed E-state index contributed by atoms with van der Waals surface area (Å²) in [5.41, 5.74) is 3.61. The van der Waals surface area contributed by atoms with Crippen molar-refractivity contribution in [2.45, 2.75) is 51.7 Å². The second kappa shape index (κ2) is 6.16. The summed E-state index contributed by atoms with van der Waals surface area (Å²) in [4.78, 5) is 9.00. The van der Waals surface area contributed by atoms with Crippen molar-refractivity contribution in [2.75, 3.05) is 17.9 Å². The van der Waals surface area contributed by atoms with Gasteiger partial charge in [0.05, 0.1) is 6.10 Å². The Kier molecular flexibility index (Phi) is 4.55. The van der Waals surface area contributed by atoms with Crippen LogP contribution in [-0.2, 0) is 11.2 Å². The minimum absolute atomic E-state index is 0.377. The molecule has 2 rings (SSSR count). The summed E-state index contributed by atoms with van der Waals surface area (Å²) in [5, 5.41) is 3.46. The van der Waals surface area contributed by atoms with Gasteiger partial charge in [-0.1, -0.05) is 6.92 Å². The van der Waals surface area contributed by atoms with Crippen molar-refractivity contribution in [3.8, 4) is 0 Å². The minimum atomic E-state index is 0.377. The van der Waals surface area contributed by atoms with Crippen LogP contribution in [0, 0.1) is 6.92 Å². The quantitative estimate of drug-likeness (QED) is 0.535. The monoisotopic (exact) mass is 265 g/mol. The van der Waals surface area contributed by atoms with Crippen LogP contribution in [0.25, 0.3) is 0 Å². The van der Waals surface area contributed by atoms with Crippen LogP contribution >= 0.6 is 0 Å². The highest BCUT2D eigenvalue weighted by Crippen LogP contribution is 2.28. The molecule has 6 nitrogen and oxygen atoms in total. The fourth-order valence-electron chi connectivity index (χ4n) is 2.25. The van der Waals surface area contributed by atoms with Crippen LogP contribution in [0.1, 0.15) is 37.6 Å². The summed E-state index contributed by atoms with van der Waals surface area (Å²) in [6.07, 6.45) is 4.29. The third-order valence-electron chi connectivity index (χ3n) is 3.57. The van der Waals surface area contributed by atoms with Crippen molar-refractivity contribution >= 4 is 11.6 Å². The van der Waals surface area contributed by atoms with Gasteiger partial charge in [-0.2, -0.15) is 0 Å².